The minimum absolute atomic E-state index is 0.0599. The van der Waals surface area contributed by atoms with E-state index in [-0.39, 0.29) is 18.4 Å². The van der Waals surface area contributed by atoms with Crippen molar-refractivity contribution in [2.45, 2.75) is 39.7 Å². The van der Waals surface area contributed by atoms with E-state index in [1.54, 1.807) is 6.92 Å². The van der Waals surface area contributed by atoms with Crippen LogP contribution in [0.5, 0.6) is 0 Å². The van der Waals surface area contributed by atoms with Crippen molar-refractivity contribution in [3.63, 3.8) is 0 Å². The Morgan fingerprint density at radius 2 is 1.84 bits per heavy atom. The molecule has 0 fully saturated rings. The van der Waals surface area contributed by atoms with Gasteiger partial charge in [-0.15, -0.1) is 0 Å². The predicted octanol–water partition coefficient (Wildman–Crippen LogP) is 1.13. The van der Waals surface area contributed by atoms with Crippen molar-refractivity contribution in [1.82, 2.24) is 15.5 Å². The van der Waals surface area contributed by atoms with E-state index >= 15 is 0 Å². The van der Waals surface area contributed by atoms with Gasteiger partial charge in [0.1, 0.15) is 0 Å². The fourth-order valence-electron chi connectivity index (χ4n) is 1.49. The van der Waals surface area contributed by atoms with E-state index in [1.807, 2.05) is 0 Å². The van der Waals surface area contributed by atoms with Crippen molar-refractivity contribution in [3.05, 3.63) is 0 Å². The molecule has 0 aromatic rings. The van der Waals surface area contributed by atoms with Gasteiger partial charge in [-0.2, -0.15) is 0 Å². The van der Waals surface area contributed by atoms with Crippen LogP contribution in [0.3, 0.4) is 0 Å². The molecule has 0 aliphatic carbocycles. The van der Waals surface area contributed by atoms with Gasteiger partial charge in [0, 0.05) is 25.6 Å². The van der Waals surface area contributed by atoms with Crippen LogP contribution in [-0.4, -0.2) is 54.7 Å². The number of carbonyl (C=O) groups excluding carboxylic acids is 1. The van der Waals surface area contributed by atoms with Crippen LogP contribution >= 0.6 is 0 Å². The average molecular weight is 273 g/mol. The molecule has 0 aromatic carbocycles. The topological polar surface area (TPSA) is 81.7 Å². The molecule has 1 atom stereocenters. The summed E-state index contributed by atoms with van der Waals surface area (Å²) < 4.78 is 0. The first-order valence-corrected chi connectivity index (χ1v) is 6.76. The van der Waals surface area contributed by atoms with Gasteiger partial charge in [0.05, 0.1) is 0 Å². The molecule has 0 aliphatic rings. The maximum Gasteiger partial charge on any atom is 0.314 e. The number of hydrogen-bond donors (Lipinski definition) is 3. The lowest BCUT2D eigenvalue weighted by Crippen LogP contribution is -2.39. The maximum absolute atomic E-state index is 11.4. The first-order valence-electron chi connectivity index (χ1n) is 6.76. The molecule has 112 valence electrons. The first-order chi connectivity index (χ1) is 8.82. The van der Waals surface area contributed by atoms with Gasteiger partial charge in [0.2, 0.25) is 0 Å². The van der Waals surface area contributed by atoms with Gasteiger partial charge >= 0.3 is 12.0 Å². The Labute approximate surface area is 115 Å². The average Bonchev–Trinajstić information content (AvgIpc) is 2.30. The van der Waals surface area contributed by atoms with E-state index in [2.05, 4.69) is 36.4 Å². The molecular weight excluding hydrogens is 246 g/mol. The summed E-state index contributed by atoms with van der Waals surface area (Å²) in [6.07, 6.45) is 0.965. The van der Waals surface area contributed by atoms with Crippen molar-refractivity contribution in [2.24, 2.45) is 5.92 Å². The third-order valence-corrected chi connectivity index (χ3v) is 2.99. The summed E-state index contributed by atoms with van der Waals surface area (Å²) in [7, 11) is 2.05. The molecule has 0 saturated carbocycles. The van der Waals surface area contributed by atoms with Crippen LogP contribution in [0.15, 0.2) is 0 Å². The molecule has 6 nitrogen and oxygen atoms in total. The minimum Gasteiger partial charge on any atom is -0.481 e. The molecule has 3 N–H and O–H groups in total. The largest absolute Gasteiger partial charge is 0.481 e. The number of rotatable bonds is 9. The van der Waals surface area contributed by atoms with Crippen LogP contribution in [-0.2, 0) is 4.79 Å². The lowest BCUT2D eigenvalue weighted by Gasteiger charge is -2.20. The van der Waals surface area contributed by atoms with Gasteiger partial charge in [-0.25, -0.2) is 4.79 Å². The maximum atomic E-state index is 11.4. The van der Waals surface area contributed by atoms with Crippen LogP contribution in [0.25, 0.3) is 0 Å². The highest BCUT2D eigenvalue weighted by atomic mass is 16.4. The van der Waals surface area contributed by atoms with Crippen molar-refractivity contribution < 1.29 is 14.7 Å². The highest BCUT2D eigenvalue weighted by Crippen LogP contribution is 1.99. The normalized spacial score (nSPS) is 12.5. The molecule has 19 heavy (non-hydrogen) atoms. The molecule has 0 aliphatic heterocycles. The van der Waals surface area contributed by atoms with Gasteiger partial charge in [-0.1, -0.05) is 6.92 Å². The number of urea groups is 1. The van der Waals surface area contributed by atoms with Crippen LogP contribution in [0, 0.1) is 5.92 Å². The second-order valence-corrected chi connectivity index (χ2v) is 5.27. The van der Waals surface area contributed by atoms with E-state index in [0.717, 1.165) is 13.0 Å². The van der Waals surface area contributed by atoms with Crippen molar-refractivity contribution in [1.29, 1.82) is 0 Å². The zero-order valence-corrected chi connectivity index (χ0v) is 12.4. The molecule has 2 amide bonds. The zero-order valence-electron chi connectivity index (χ0n) is 12.4. The Hall–Kier alpha value is -1.30. The monoisotopic (exact) mass is 273 g/mol. The van der Waals surface area contributed by atoms with Crippen LogP contribution in [0.4, 0.5) is 4.79 Å². The van der Waals surface area contributed by atoms with Crippen LogP contribution in [0.1, 0.15) is 33.6 Å². The number of nitrogens with zero attached hydrogens (tertiary/aromatic N) is 1. The van der Waals surface area contributed by atoms with Gasteiger partial charge in [-0.3, -0.25) is 4.79 Å². The van der Waals surface area contributed by atoms with Crippen LogP contribution < -0.4 is 10.6 Å². The predicted molar refractivity (Wildman–Crippen MR) is 75.2 cm³/mol. The summed E-state index contributed by atoms with van der Waals surface area (Å²) in [5.41, 5.74) is 0. The molecule has 0 radical (unpaired) electrons. The Balaban J connectivity index is 3.57. The molecule has 0 saturated heterocycles. The SMILES string of the molecule is CC(CNC(=O)NCCCN(C)C(C)C)CC(=O)O. The molecule has 0 bridgehead atoms. The lowest BCUT2D eigenvalue weighted by molar-refractivity contribution is -0.137. The first kappa shape index (κ1) is 17.7. The number of nitrogens with one attached hydrogen (secondary N) is 2. The lowest BCUT2D eigenvalue weighted by atomic mass is 10.1. The highest BCUT2D eigenvalue weighted by molar-refractivity contribution is 5.73. The fourth-order valence-corrected chi connectivity index (χ4v) is 1.49. The summed E-state index contributed by atoms with van der Waals surface area (Å²) in [5.74, 6) is -0.901. The van der Waals surface area contributed by atoms with E-state index < -0.39 is 5.97 Å². The van der Waals surface area contributed by atoms with E-state index in [9.17, 15) is 9.59 Å². The summed E-state index contributed by atoms with van der Waals surface area (Å²) >= 11 is 0. The summed E-state index contributed by atoms with van der Waals surface area (Å²) in [6, 6.07) is 0.273. The third-order valence-electron chi connectivity index (χ3n) is 2.99. The van der Waals surface area contributed by atoms with Gasteiger partial charge < -0.3 is 20.6 Å². The summed E-state index contributed by atoms with van der Waals surface area (Å²) in [4.78, 5) is 24.1. The van der Waals surface area contributed by atoms with E-state index in [0.29, 0.717) is 19.1 Å². The molecule has 6 heteroatoms. The fraction of sp³-hybridized carbons (Fsp3) is 0.846. The number of aliphatic carboxylic acids is 1. The Bertz CT molecular complexity index is 282. The molecule has 0 rings (SSSR count). The van der Waals surface area contributed by atoms with Crippen LogP contribution in [0.2, 0.25) is 0 Å². The second-order valence-electron chi connectivity index (χ2n) is 5.27. The smallest absolute Gasteiger partial charge is 0.314 e. The van der Waals surface area contributed by atoms with Gasteiger partial charge in [0.25, 0.3) is 0 Å². The third kappa shape index (κ3) is 10.3. The highest BCUT2D eigenvalue weighted by Gasteiger charge is 2.09. The number of carboxylic acid groups (broad SMARTS) is 1. The second kappa shape index (κ2) is 9.61. The quantitative estimate of drug-likeness (QED) is 0.550. The Kier molecular flexibility index (Phi) is 8.95. The zero-order chi connectivity index (χ0) is 14.8. The van der Waals surface area contributed by atoms with Crippen molar-refractivity contribution in [3.8, 4) is 0 Å². The molecule has 0 aromatic heterocycles. The van der Waals surface area contributed by atoms with Crippen molar-refractivity contribution >= 4 is 12.0 Å². The molecule has 0 spiro atoms. The molecular formula is C13H27N3O3. The number of carbonyl (C=O) groups is 2. The molecule has 0 heterocycles. The number of hydrogen-bond acceptors (Lipinski definition) is 3. The Morgan fingerprint density at radius 3 is 2.37 bits per heavy atom. The summed E-state index contributed by atoms with van der Waals surface area (Å²) in [6.45, 7) is 7.99. The van der Waals surface area contributed by atoms with Gasteiger partial charge in [-0.05, 0) is 39.8 Å². The van der Waals surface area contributed by atoms with Crippen molar-refractivity contribution in [2.75, 3.05) is 26.7 Å². The number of carboxylic acids is 1. The van der Waals surface area contributed by atoms with Gasteiger partial charge in [0.15, 0.2) is 0 Å². The number of amides is 2. The summed E-state index contributed by atoms with van der Waals surface area (Å²) in [5, 5.41) is 14.0. The van der Waals surface area contributed by atoms with E-state index in [4.69, 9.17) is 5.11 Å². The van der Waals surface area contributed by atoms with E-state index in [1.165, 1.54) is 0 Å². The standard InChI is InChI=1S/C13H27N3O3/c1-10(2)16(4)7-5-6-14-13(19)15-9-11(3)8-12(17)18/h10-11H,5-9H2,1-4H3,(H,17,18)(H2,14,15,19). The minimum atomic E-state index is -0.841. The Morgan fingerprint density at radius 1 is 1.21 bits per heavy atom. The molecule has 1 unspecified atom stereocenters.